The molecule has 0 aliphatic rings. The van der Waals surface area contributed by atoms with Gasteiger partial charge in [0, 0.05) is 0 Å². The van der Waals surface area contributed by atoms with Crippen LogP contribution in [0.25, 0.3) is 0 Å². The molecule has 0 spiro atoms. The molecule has 240 valence electrons. The van der Waals surface area contributed by atoms with E-state index in [1.165, 1.54) is 193 Å². The van der Waals surface area contributed by atoms with Crippen molar-refractivity contribution in [1.82, 2.24) is 0 Å². The van der Waals surface area contributed by atoms with Gasteiger partial charge in [-0.3, -0.25) is 4.79 Å². The van der Waals surface area contributed by atoms with E-state index in [1.54, 1.807) is 0 Å². The molecular formula is C38H76O2. The van der Waals surface area contributed by atoms with E-state index < -0.39 is 5.97 Å². The second-order valence-electron chi connectivity index (χ2n) is 13.2. The van der Waals surface area contributed by atoms with E-state index in [0.29, 0.717) is 0 Å². The average Bonchev–Trinajstić information content (AvgIpc) is 2.95. The minimum atomic E-state index is -0.558. The second kappa shape index (κ2) is 34.7. The molecule has 0 aromatic carbocycles. The molecule has 1 unspecified atom stereocenters. The molecule has 0 saturated carbocycles. The van der Waals surface area contributed by atoms with Crippen molar-refractivity contribution in [2.75, 3.05) is 0 Å². The molecule has 0 aromatic heterocycles. The van der Waals surface area contributed by atoms with E-state index in [-0.39, 0.29) is 5.92 Å². The minimum absolute atomic E-state index is 0.0974. The molecule has 1 N–H and O–H groups in total. The molecule has 0 fully saturated rings. The number of carboxylic acids is 1. The van der Waals surface area contributed by atoms with Gasteiger partial charge in [0.1, 0.15) is 0 Å². The first kappa shape index (κ1) is 39.5. The molecule has 0 aliphatic carbocycles. The summed E-state index contributed by atoms with van der Waals surface area (Å²) in [5.41, 5.74) is 0. The Morgan fingerprint density at radius 3 is 0.700 bits per heavy atom. The van der Waals surface area contributed by atoms with Crippen LogP contribution in [0.2, 0.25) is 0 Å². The standard InChI is InChI=1S/C38H76O2/c1-3-5-7-9-11-13-14-15-16-17-18-19-20-21-22-23-24-25-26-27-28-30-32-34-36-37(38(39)40)35-33-31-29-12-10-8-6-4-2/h37H,3-36H2,1-2H3,(H,39,40). The summed E-state index contributed by atoms with van der Waals surface area (Å²) in [6.07, 6.45) is 45.9. The quantitative estimate of drug-likeness (QED) is 0.0777. The molecule has 0 heterocycles. The summed E-state index contributed by atoms with van der Waals surface area (Å²) >= 11 is 0. The Morgan fingerprint density at radius 2 is 0.525 bits per heavy atom. The van der Waals surface area contributed by atoms with E-state index in [4.69, 9.17) is 0 Å². The van der Waals surface area contributed by atoms with Gasteiger partial charge >= 0.3 is 5.97 Å². The molecule has 0 aromatic rings. The zero-order valence-electron chi connectivity index (χ0n) is 28.0. The summed E-state index contributed by atoms with van der Waals surface area (Å²) in [4.78, 5) is 11.6. The van der Waals surface area contributed by atoms with Crippen LogP contribution in [0.4, 0.5) is 0 Å². The van der Waals surface area contributed by atoms with E-state index >= 15 is 0 Å². The lowest BCUT2D eigenvalue weighted by Crippen LogP contribution is -2.13. The van der Waals surface area contributed by atoms with Gasteiger partial charge in [-0.05, 0) is 12.8 Å². The van der Waals surface area contributed by atoms with Crippen LogP contribution in [0.3, 0.4) is 0 Å². The zero-order valence-corrected chi connectivity index (χ0v) is 28.0. The van der Waals surface area contributed by atoms with Crippen molar-refractivity contribution in [3.8, 4) is 0 Å². The molecule has 1 atom stereocenters. The zero-order chi connectivity index (χ0) is 29.2. The van der Waals surface area contributed by atoms with Crippen LogP contribution in [0, 0.1) is 5.92 Å². The molecule has 0 bridgehead atoms. The van der Waals surface area contributed by atoms with Gasteiger partial charge in [0.2, 0.25) is 0 Å². The molecule has 0 saturated heterocycles. The molecule has 0 amide bonds. The van der Waals surface area contributed by atoms with Crippen molar-refractivity contribution in [2.45, 2.75) is 232 Å². The Balaban J connectivity index is 3.28. The van der Waals surface area contributed by atoms with E-state index in [0.717, 1.165) is 25.7 Å². The highest BCUT2D eigenvalue weighted by atomic mass is 16.4. The minimum Gasteiger partial charge on any atom is -0.481 e. The van der Waals surface area contributed by atoms with Gasteiger partial charge in [-0.25, -0.2) is 0 Å². The lowest BCUT2D eigenvalue weighted by molar-refractivity contribution is -0.142. The highest BCUT2D eigenvalue weighted by molar-refractivity contribution is 5.69. The predicted molar refractivity (Wildman–Crippen MR) is 179 cm³/mol. The first-order valence-corrected chi connectivity index (χ1v) is 18.9. The first-order valence-electron chi connectivity index (χ1n) is 18.9. The number of rotatable bonds is 35. The SMILES string of the molecule is CCCCCCCCCCCCCCCCCCCCCCCCCCC(CCCCCCCCCC)C(=O)O. The van der Waals surface area contributed by atoms with Crippen molar-refractivity contribution in [3.05, 3.63) is 0 Å². The fraction of sp³-hybridized carbons (Fsp3) is 0.974. The fourth-order valence-corrected chi connectivity index (χ4v) is 6.27. The van der Waals surface area contributed by atoms with Crippen LogP contribution in [0.1, 0.15) is 232 Å². The maximum Gasteiger partial charge on any atom is 0.306 e. The Hall–Kier alpha value is -0.530. The third kappa shape index (κ3) is 32.0. The third-order valence-corrected chi connectivity index (χ3v) is 9.16. The highest BCUT2D eigenvalue weighted by Gasteiger charge is 2.16. The summed E-state index contributed by atoms with van der Waals surface area (Å²) < 4.78 is 0. The fourth-order valence-electron chi connectivity index (χ4n) is 6.27. The summed E-state index contributed by atoms with van der Waals surface area (Å²) in [7, 11) is 0. The Labute approximate surface area is 253 Å². The molecule has 0 aliphatic heterocycles. The summed E-state index contributed by atoms with van der Waals surface area (Å²) in [6, 6.07) is 0. The van der Waals surface area contributed by atoms with Gasteiger partial charge < -0.3 is 5.11 Å². The summed E-state index contributed by atoms with van der Waals surface area (Å²) in [6.45, 7) is 4.56. The number of unbranched alkanes of at least 4 members (excludes halogenated alkanes) is 30. The maximum atomic E-state index is 11.6. The van der Waals surface area contributed by atoms with Crippen LogP contribution in [-0.2, 0) is 4.79 Å². The van der Waals surface area contributed by atoms with E-state index in [2.05, 4.69) is 13.8 Å². The number of hydrogen-bond donors (Lipinski definition) is 1. The molecule has 2 nitrogen and oxygen atoms in total. The Kier molecular flexibility index (Phi) is 34.2. The number of hydrogen-bond acceptors (Lipinski definition) is 1. The predicted octanol–water partition coefficient (Wildman–Crippen LogP) is 14.0. The van der Waals surface area contributed by atoms with E-state index in [9.17, 15) is 9.90 Å². The van der Waals surface area contributed by atoms with Crippen molar-refractivity contribution in [1.29, 1.82) is 0 Å². The van der Waals surface area contributed by atoms with Crippen LogP contribution in [0.15, 0.2) is 0 Å². The lowest BCUT2D eigenvalue weighted by atomic mass is 9.94. The van der Waals surface area contributed by atoms with Gasteiger partial charge in [0.05, 0.1) is 5.92 Å². The second-order valence-corrected chi connectivity index (χ2v) is 13.2. The lowest BCUT2D eigenvalue weighted by Gasteiger charge is -2.12. The third-order valence-electron chi connectivity index (χ3n) is 9.16. The van der Waals surface area contributed by atoms with Gasteiger partial charge in [0.25, 0.3) is 0 Å². The largest absolute Gasteiger partial charge is 0.481 e. The maximum absolute atomic E-state index is 11.6. The van der Waals surface area contributed by atoms with E-state index in [1.807, 2.05) is 0 Å². The Morgan fingerprint density at radius 1 is 0.350 bits per heavy atom. The van der Waals surface area contributed by atoms with Crippen molar-refractivity contribution >= 4 is 5.97 Å². The Bertz CT molecular complexity index is 474. The van der Waals surface area contributed by atoms with Gasteiger partial charge in [-0.15, -0.1) is 0 Å². The normalized spacial score (nSPS) is 12.2. The monoisotopic (exact) mass is 565 g/mol. The molecule has 0 radical (unpaired) electrons. The van der Waals surface area contributed by atoms with Crippen molar-refractivity contribution in [3.63, 3.8) is 0 Å². The van der Waals surface area contributed by atoms with Crippen LogP contribution < -0.4 is 0 Å². The number of aliphatic carboxylic acids is 1. The molecule has 2 heteroatoms. The average molecular weight is 565 g/mol. The van der Waals surface area contributed by atoms with Crippen molar-refractivity contribution < 1.29 is 9.90 Å². The van der Waals surface area contributed by atoms with Gasteiger partial charge in [-0.2, -0.15) is 0 Å². The summed E-state index contributed by atoms with van der Waals surface area (Å²) in [5, 5.41) is 9.56. The van der Waals surface area contributed by atoms with Gasteiger partial charge in [0.15, 0.2) is 0 Å². The van der Waals surface area contributed by atoms with Gasteiger partial charge in [-0.1, -0.05) is 219 Å². The smallest absolute Gasteiger partial charge is 0.306 e. The molecule has 40 heavy (non-hydrogen) atoms. The number of carboxylic acid groups (broad SMARTS) is 1. The molecule has 0 rings (SSSR count). The first-order chi connectivity index (χ1) is 19.7. The van der Waals surface area contributed by atoms with Crippen molar-refractivity contribution in [2.24, 2.45) is 5.92 Å². The van der Waals surface area contributed by atoms with Crippen LogP contribution >= 0.6 is 0 Å². The van der Waals surface area contributed by atoms with Crippen LogP contribution in [-0.4, -0.2) is 11.1 Å². The van der Waals surface area contributed by atoms with Crippen LogP contribution in [0.5, 0.6) is 0 Å². The topological polar surface area (TPSA) is 37.3 Å². The summed E-state index contributed by atoms with van der Waals surface area (Å²) in [5.74, 6) is -0.656. The highest BCUT2D eigenvalue weighted by Crippen LogP contribution is 2.20. The number of carbonyl (C=O) groups is 1. The molecular weight excluding hydrogens is 488 g/mol.